The van der Waals surface area contributed by atoms with Crippen molar-refractivity contribution in [1.82, 2.24) is 20.1 Å². The zero-order valence-electron chi connectivity index (χ0n) is 19.1. The summed E-state index contributed by atoms with van der Waals surface area (Å²) >= 11 is 13.2. The van der Waals surface area contributed by atoms with E-state index in [9.17, 15) is 4.79 Å². The van der Waals surface area contributed by atoms with E-state index < -0.39 is 0 Å². The van der Waals surface area contributed by atoms with Crippen molar-refractivity contribution in [2.45, 2.75) is 51.0 Å². The Kier molecular flexibility index (Phi) is 5.74. The molecule has 1 aliphatic carbocycles. The first kappa shape index (κ1) is 22.4. The molecule has 2 fully saturated rings. The van der Waals surface area contributed by atoms with Gasteiger partial charge in [-0.15, -0.1) is 0 Å². The highest BCUT2D eigenvalue weighted by Gasteiger charge is 2.59. The van der Waals surface area contributed by atoms with Crippen molar-refractivity contribution in [2.24, 2.45) is 18.4 Å². The summed E-state index contributed by atoms with van der Waals surface area (Å²) in [6.07, 6.45) is 4.15. The van der Waals surface area contributed by atoms with Gasteiger partial charge in [0.1, 0.15) is 6.33 Å². The van der Waals surface area contributed by atoms with Crippen molar-refractivity contribution in [2.75, 3.05) is 0 Å². The van der Waals surface area contributed by atoms with Gasteiger partial charge in [0, 0.05) is 34.6 Å². The van der Waals surface area contributed by atoms with Crippen LogP contribution in [0, 0.1) is 11.3 Å². The Morgan fingerprint density at radius 3 is 2.58 bits per heavy atom. The summed E-state index contributed by atoms with van der Waals surface area (Å²) in [6, 6.07) is 14.4. The SMILES string of the molecule is CCC12CC[C@@H](c3ccc(-c4ncnn4C)cc3Cl)[C@H](c3ccc(Cl)cc3)[C@@H]1[C@@H](C)NC2=O. The van der Waals surface area contributed by atoms with Crippen molar-refractivity contribution in [3.05, 3.63) is 70.0 Å². The van der Waals surface area contributed by atoms with Gasteiger partial charge >= 0.3 is 0 Å². The average molecular weight is 483 g/mol. The Hall–Kier alpha value is -2.37. The number of aromatic nitrogens is 3. The molecular formula is C26H28Cl2N4O. The average Bonchev–Trinajstić information content (AvgIpc) is 3.34. The molecule has 172 valence electrons. The highest BCUT2D eigenvalue weighted by molar-refractivity contribution is 6.31. The Labute approximate surface area is 204 Å². The number of aryl methyl sites for hydroxylation is 1. The third-order valence-corrected chi connectivity index (χ3v) is 8.54. The van der Waals surface area contributed by atoms with Gasteiger partial charge in [0.25, 0.3) is 0 Å². The summed E-state index contributed by atoms with van der Waals surface area (Å²) in [7, 11) is 1.87. The van der Waals surface area contributed by atoms with Crippen LogP contribution in [0.3, 0.4) is 0 Å². The van der Waals surface area contributed by atoms with Crippen molar-refractivity contribution in [1.29, 1.82) is 0 Å². The van der Waals surface area contributed by atoms with E-state index in [0.717, 1.165) is 41.2 Å². The third kappa shape index (κ3) is 3.57. The van der Waals surface area contributed by atoms with E-state index in [0.29, 0.717) is 5.02 Å². The smallest absolute Gasteiger partial charge is 0.226 e. The number of nitrogens with one attached hydrogen (secondary N) is 1. The first-order valence-electron chi connectivity index (χ1n) is 11.6. The largest absolute Gasteiger partial charge is 0.353 e. The lowest BCUT2D eigenvalue weighted by atomic mass is 9.54. The molecule has 3 aromatic rings. The van der Waals surface area contributed by atoms with E-state index in [2.05, 4.69) is 53.5 Å². The van der Waals surface area contributed by atoms with Crippen LogP contribution in [-0.4, -0.2) is 26.7 Å². The fraction of sp³-hybridized carbons (Fsp3) is 0.423. The fourth-order valence-electron chi connectivity index (χ4n) is 6.42. The number of rotatable bonds is 4. The summed E-state index contributed by atoms with van der Waals surface area (Å²) in [6.45, 7) is 4.29. The molecule has 7 heteroatoms. The first-order valence-corrected chi connectivity index (χ1v) is 12.3. The molecule has 1 aromatic heterocycles. The van der Waals surface area contributed by atoms with Gasteiger partial charge in [-0.3, -0.25) is 4.79 Å². The predicted octanol–water partition coefficient (Wildman–Crippen LogP) is 5.98. The van der Waals surface area contributed by atoms with Crippen LogP contribution >= 0.6 is 23.2 Å². The summed E-state index contributed by atoms with van der Waals surface area (Å²) in [5, 5.41) is 8.89. The molecule has 2 aliphatic rings. The Morgan fingerprint density at radius 2 is 1.94 bits per heavy atom. The van der Waals surface area contributed by atoms with Crippen LogP contribution < -0.4 is 5.32 Å². The number of carbonyl (C=O) groups excluding carboxylic acids is 1. The van der Waals surface area contributed by atoms with Crippen LogP contribution in [0.5, 0.6) is 0 Å². The van der Waals surface area contributed by atoms with E-state index in [-0.39, 0.29) is 35.1 Å². The maximum absolute atomic E-state index is 13.1. The molecule has 0 radical (unpaired) electrons. The molecule has 0 spiro atoms. The molecule has 5 atom stereocenters. The number of carbonyl (C=O) groups is 1. The second-order valence-corrected chi connectivity index (χ2v) is 10.3. The Balaban J connectivity index is 1.61. The quantitative estimate of drug-likeness (QED) is 0.497. The molecular weight excluding hydrogens is 455 g/mol. The number of hydrogen-bond donors (Lipinski definition) is 1. The summed E-state index contributed by atoms with van der Waals surface area (Å²) in [5.74, 6) is 1.52. The lowest BCUT2D eigenvalue weighted by Gasteiger charge is -2.47. The van der Waals surface area contributed by atoms with Crippen LogP contribution in [0.25, 0.3) is 11.4 Å². The molecule has 1 N–H and O–H groups in total. The maximum Gasteiger partial charge on any atom is 0.226 e. The van der Waals surface area contributed by atoms with Crippen LogP contribution in [-0.2, 0) is 11.8 Å². The summed E-state index contributed by atoms with van der Waals surface area (Å²) in [5.41, 5.74) is 2.93. The highest BCUT2D eigenvalue weighted by atomic mass is 35.5. The van der Waals surface area contributed by atoms with Crippen molar-refractivity contribution in [3.63, 3.8) is 0 Å². The molecule has 5 rings (SSSR count). The molecule has 1 saturated heterocycles. The minimum atomic E-state index is -0.342. The molecule has 1 saturated carbocycles. The maximum atomic E-state index is 13.1. The van der Waals surface area contributed by atoms with E-state index >= 15 is 0 Å². The number of fused-ring (bicyclic) bond motifs is 1. The number of benzene rings is 2. The molecule has 2 heterocycles. The van der Waals surface area contributed by atoms with Gasteiger partial charge in [0.15, 0.2) is 5.82 Å². The molecule has 1 amide bonds. The third-order valence-electron chi connectivity index (χ3n) is 7.96. The second kappa shape index (κ2) is 8.44. The van der Waals surface area contributed by atoms with Gasteiger partial charge < -0.3 is 5.32 Å². The molecule has 1 unspecified atom stereocenters. The van der Waals surface area contributed by atoms with Crippen LogP contribution in [0.4, 0.5) is 0 Å². The molecule has 5 nitrogen and oxygen atoms in total. The van der Waals surface area contributed by atoms with E-state index in [1.807, 2.05) is 25.2 Å². The van der Waals surface area contributed by atoms with Crippen molar-refractivity contribution >= 4 is 29.1 Å². The molecule has 2 aromatic carbocycles. The zero-order chi connectivity index (χ0) is 23.3. The van der Waals surface area contributed by atoms with E-state index in [1.54, 1.807) is 11.0 Å². The fourth-order valence-corrected chi connectivity index (χ4v) is 6.87. The van der Waals surface area contributed by atoms with E-state index in [1.165, 1.54) is 5.56 Å². The minimum absolute atomic E-state index is 0.0950. The van der Waals surface area contributed by atoms with Gasteiger partial charge in [-0.2, -0.15) is 5.10 Å². The Morgan fingerprint density at radius 1 is 1.18 bits per heavy atom. The molecule has 33 heavy (non-hydrogen) atoms. The monoisotopic (exact) mass is 482 g/mol. The van der Waals surface area contributed by atoms with Crippen molar-refractivity contribution in [3.8, 4) is 11.4 Å². The minimum Gasteiger partial charge on any atom is -0.353 e. The van der Waals surface area contributed by atoms with Crippen LogP contribution in [0.15, 0.2) is 48.8 Å². The molecule has 1 aliphatic heterocycles. The summed E-state index contributed by atoms with van der Waals surface area (Å²) in [4.78, 5) is 17.5. The summed E-state index contributed by atoms with van der Waals surface area (Å²) < 4.78 is 1.75. The number of nitrogens with zero attached hydrogens (tertiary/aromatic N) is 3. The van der Waals surface area contributed by atoms with Crippen LogP contribution in [0.1, 0.15) is 56.1 Å². The van der Waals surface area contributed by atoms with Gasteiger partial charge in [0.2, 0.25) is 5.91 Å². The Bertz CT molecular complexity index is 1190. The van der Waals surface area contributed by atoms with Gasteiger partial charge in [0.05, 0.1) is 5.41 Å². The second-order valence-electron chi connectivity index (χ2n) is 9.46. The topological polar surface area (TPSA) is 59.8 Å². The van der Waals surface area contributed by atoms with Crippen molar-refractivity contribution < 1.29 is 4.79 Å². The van der Waals surface area contributed by atoms with Gasteiger partial charge in [-0.05, 0) is 67.3 Å². The normalized spacial score (nSPS) is 29.1. The predicted molar refractivity (Wildman–Crippen MR) is 131 cm³/mol. The van der Waals surface area contributed by atoms with Crippen LogP contribution in [0.2, 0.25) is 10.0 Å². The number of halogens is 2. The number of hydrogen-bond acceptors (Lipinski definition) is 3. The standard InChI is InChI=1S/C26H28Cl2N4O/c1-4-26-12-11-20(19-10-7-17(13-21(19)28)24-29-14-30-32(24)3)22(16-5-8-18(27)9-6-16)23(26)15(2)31-25(26)33/h5-10,13-15,20,22-23H,4,11-12H2,1-3H3,(H,31,33)/t15-,20+,22+,23+,26?/m1/s1. The zero-order valence-corrected chi connectivity index (χ0v) is 20.6. The number of amides is 1. The molecule has 0 bridgehead atoms. The van der Waals surface area contributed by atoms with E-state index in [4.69, 9.17) is 23.2 Å². The lowest BCUT2D eigenvalue weighted by Crippen LogP contribution is -2.43. The van der Waals surface area contributed by atoms with Gasteiger partial charge in [-0.1, -0.05) is 54.4 Å². The lowest BCUT2D eigenvalue weighted by molar-refractivity contribution is -0.131. The first-order chi connectivity index (χ1) is 15.9. The van der Waals surface area contributed by atoms with Gasteiger partial charge in [-0.25, -0.2) is 9.67 Å². The highest BCUT2D eigenvalue weighted by Crippen LogP contribution is 2.60.